The van der Waals surface area contributed by atoms with Crippen LogP contribution in [0.2, 0.25) is 0 Å². The molecule has 0 fully saturated rings. The van der Waals surface area contributed by atoms with Gasteiger partial charge in [0.1, 0.15) is 0 Å². The van der Waals surface area contributed by atoms with Gasteiger partial charge in [-0.05, 0) is 6.07 Å². The van der Waals surface area contributed by atoms with Crippen LogP contribution in [0, 0.1) is 0 Å². The molecule has 0 aliphatic carbocycles. The lowest BCUT2D eigenvalue weighted by Crippen LogP contribution is -2.20. The van der Waals surface area contributed by atoms with Crippen molar-refractivity contribution in [1.82, 2.24) is 4.98 Å². The number of nitrogens with zero attached hydrogens (tertiary/aromatic N) is 1. The Morgan fingerprint density at radius 2 is 2.00 bits per heavy atom. The number of aliphatic hydroxyl groups is 1. The second-order valence-electron chi connectivity index (χ2n) is 3.12. The van der Waals surface area contributed by atoms with Crippen LogP contribution in [0.15, 0.2) is 6.07 Å². The van der Waals surface area contributed by atoms with E-state index in [4.69, 9.17) is 16.7 Å². The van der Waals surface area contributed by atoms with Crippen molar-refractivity contribution in [1.29, 1.82) is 0 Å². The summed E-state index contributed by atoms with van der Waals surface area (Å²) in [6.07, 6.45) is -8.34. The molecule has 1 N–H and O–H groups in total. The third-order valence-corrected chi connectivity index (χ3v) is 2.12. The second-order valence-corrected chi connectivity index (χ2v) is 3.39. The van der Waals surface area contributed by atoms with Gasteiger partial charge >= 0.3 is 6.36 Å². The van der Waals surface area contributed by atoms with Crippen molar-refractivity contribution in [3.8, 4) is 5.75 Å². The number of ether oxygens (including phenoxy) is 1. The zero-order chi connectivity index (χ0) is 13.9. The molecule has 0 saturated carbocycles. The molecule has 0 atom stereocenters. The lowest BCUT2D eigenvalue weighted by atomic mass is 10.1. The first-order valence-corrected chi connectivity index (χ1v) is 5.05. The van der Waals surface area contributed by atoms with E-state index in [9.17, 15) is 22.0 Å². The van der Waals surface area contributed by atoms with Crippen LogP contribution in [0.25, 0.3) is 0 Å². The van der Waals surface area contributed by atoms with E-state index in [0.29, 0.717) is 6.07 Å². The van der Waals surface area contributed by atoms with Crippen LogP contribution in [-0.2, 0) is 12.5 Å². The molecular weight excluding hydrogens is 285 g/mol. The summed E-state index contributed by atoms with van der Waals surface area (Å²) in [4.78, 5) is 3.50. The molecule has 0 radical (unpaired) electrons. The minimum absolute atomic E-state index is 0.213. The van der Waals surface area contributed by atoms with E-state index in [2.05, 4.69) is 9.72 Å². The smallest absolute Gasteiger partial charge is 0.403 e. The SMILES string of the molecule is OCc1cc(C(F)F)c(OC(F)(F)F)c(CCl)n1. The summed E-state index contributed by atoms with van der Waals surface area (Å²) in [6, 6.07) is 0.641. The summed E-state index contributed by atoms with van der Waals surface area (Å²) in [5, 5.41) is 8.77. The summed E-state index contributed by atoms with van der Waals surface area (Å²) in [6.45, 7) is -0.699. The molecule has 0 spiro atoms. The second kappa shape index (κ2) is 5.66. The highest BCUT2D eigenvalue weighted by atomic mass is 35.5. The molecule has 0 bridgehead atoms. The van der Waals surface area contributed by atoms with Gasteiger partial charge in [0.05, 0.1) is 29.4 Å². The highest BCUT2D eigenvalue weighted by molar-refractivity contribution is 6.17. The molecule has 9 heteroatoms. The molecular formula is C9H7ClF5NO2. The molecule has 0 aromatic carbocycles. The Hall–Kier alpha value is -1.15. The van der Waals surface area contributed by atoms with Crippen molar-refractivity contribution in [2.24, 2.45) is 0 Å². The Kier molecular flexibility index (Phi) is 4.69. The van der Waals surface area contributed by atoms with E-state index >= 15 is 0 Å². The fourth-order valence-corrected chi connectivity index (χ4v) is 1.42. The summed E-state index contributed by atoms with van der Waals surface area (Å²) in [7, 11) is 0. The topological polar surface area (TPSA) is 42.4 Å². The fourth-order valence-electron chi connectivity index (χ4n) is 1.24. The maximum atomic E-state index is 12.6. The third kappa shape index (κ3) is 3.67. The Balaban J connectivity index is 3.35. The molecule has 0 unspecified atom stereocenters. The molecule has 18 heavy (non-hydrogen) atoms. The van der Waals surface area contributed by atoms with Crippen molar-refractivity contribution in [2.45, 2.75) is 25.3 Å². The Morgan fingerprint density at radius 3 is 2.39 bits per heavy atom. The molecule has 3 nitrogen and oxygen atoms in total. The number of hydrogen-bond donors (Lipinski definition) is 1. The van der Waals surface area contributed by atoms with Crippen LogP contribution < -0.4 is 4.74 Å². The van der Waals surface area contributed by atoms with Gasteiger partial charge in [-0.3, -0.25) is 4.98 Å². The quantitative estimate of drug-likeness (QED) is 0.684. The molecule has 1 rings (SSSR count). The van der Waals surface area contributed by atoms with E-state index in [-0.39, 0.29) is 5.69 Å². The highest BCUT2D eigenvalue weighted by Gasteiger charge is 2.35. The van der Waals surface area contributed by atoms with Crippen LogP contribution in [0.4, 0.5) is 22.0 Å². The molecule has 1 aromatic heterocycles. The summed E-state index contributed by atoms with van der Waals surface area (Å²) < 4.78 is 65.1. The van der Waals surface area contributed by atoms with Crippen LogP contribution in [-0.4, -0.2) is 16.5 Å². The van der Waals surface area contributed by atoms with Gasteiger partial charge in [-0.25, -0.2) is 8.78 Å². The van der Waals surface area contributed by atoms with E-state index in [1.807, 2.05) is 0 Å². The number of aliphatic hydroxyl groups excluding tert-OH is 1. The number of hydrogen-bond acceptors (Lipinski definition) is 3. The lowest BCUT2D eigenvalue weighted by Gasteiger charge is -2.16. The molecule has 102 valence electrons. The highest BCUT2D eigenvalue weighted by Crippen LogP contribution is 2.36. The predicted molar refractivity (Wildman–Crippen MR) is 51.4 cm³/mol. The van der Waals surface area contributed by atoms with Crippen molar-refractivity contribution < 1.29 is 31.8 Å². The standard InChI is InChI=1S/C9H7ClF5NO2/c10-2-6-7(18-9(13,14)15)5(8(11)12)1-4(3-17)16-6/h1,8,17H,2-3H2. The largest absolute Gasteiger partial charge is 0.573 e. The third-order valence-electron chi connectivity index (χ3n) is 1.87. The average Bonchev–Trinajstić information content (AvgIpc) is 2.26. The van der Waals surface area contributed by atoms with Gasteiger partial charge in [0.15, 0.2) is 5.75 Å². The monoisotopic (exact) mass is 291 g/mol. The zero-order valence-electron chi connectivity index (χ0n) is 8.64. The maximum Gasteiger partial charge on any atom is 0.573 e. The average molecular weight is 292 g/mol. The number of rotatable bonds is 4. The van der Waals surface area contributed by atoms with E-state index < -0.39 is 42.3 Å². The van der Waals surface area contributed by atoms with Crippen molar-refractivity contribution in [3.05, 3.63) is 23.0 Å². The van der Waals surface area contributed by atoms with Crippen LogP contribution >= 0.6 is 11.6 Å². The molecule has 0 aliphatic rings. The van der Waals surface area contributed by atoms with E-state index in [1.165, 1.54) is 0 Å². The Labute approximate surface area is 103 Å². The Bertz CT molecular complexity index is 424. The van der Waals surface area contributed by atoms with Crippen LogP contribution in [0.3, 0.4) is 0 Å². The van der Waals surface area contributed by atoms with Gasteiger partial charge in [-0.2, -0.15) is 0 Å². The lowest BCUT2D eigenvalue weighted by molar-refractivity contribution is -0.275. The van der Waals surface area contributed by atoms with Crippen molar-refractivity contribution in [3.63, 3.8) is 0 Å². The van der Waals surface area contributed by atoms with Gasteiger partial charge in [0.25, 0.3) is 6.43 Å². The molecule has 0 amide bonds. The first kappa shape index (κ1) is 14.9. The van der Waals surface area contributed by atoms with Crippen molar-refractivity contribution in [2.75, 3.05) is 0 Å². The van der Waals surface area contributed by atoms with Gasteiger partial charge < -0.3 is 9.84 Å². The van der Waals surface area contributed by atoms with E-state index in [0.717, 1.165) is 0 Å². The normalized spacial score (nSPS) is 12.0. The maximum absolute atomic E-state index is 12.6. The van der Waals surface area contributed by atoms with Crippen LogP contribution in [0.1, 0.15) is 23.4 Å². The number of aromatic nitrogens is 1. The number of halogens is 6. The Morgan fingerprint density at radius 1 is 1.39 bits per heavy atom. The number of alkyl halides is 6. The fraction of sp³-hybridized carbons (Fsp3) is 0.444. The van der Waals surface area contributed by atoms with Gasteiger partial charge in [-0.15, -0.1) is 24.8 Å². The van der Waals surface area contributed by atoms with Crippen molar-refractivity contribution >= 4 is 11.6 Å². The van der Waals surface area contributed by atoms with Gasteiger partial charge in [-0.1, -0.05) is 0 Å². The number of pyridine rings is 1. The van der Waals surface area contributed by atoms with Gasteiger partial charge in [0, 0.05) is 0 Å². The minimum atomic E-state index is -5.13. The summed E-state index contributed by atoms with van der Waals surface area (Å²) >= 11 is 5.33. The molecule has 1 aromatic rings. The molecule has 0 saturated heterocycles. The molecule has 1 heterocycles. The summed E-state index contributed by atoms with van der Waals surface area (Å²) in [5.41, 5.74) is -1.73. The van der Waals surface area contributed by atoms with Crippen LogP contribution in [0.5, 0.6) is 5.75 Å². The van der Waals surface area contributed by atoms with E-state index in [1.54, 1.807) is 0 Å². The first-order valence-electron chi connectivity index (χ1n) is 4.52. The summed E-state index contributed by atoms with van der Waals surface area (Å²) in [5.74, 6) is -1.68. The van der Waals surface area contributed by atoms with Gasteiger partial charge in [0.2, 0.25) is 0 Å². The zero-order valence-corrected chi connectivity index (χ0v) is 9.40. The minimum Gasteiger partial charge on any atom is -0.403 e. The predicted octanol–water partition coefficient (Wildman–Crippen LogP) is 3.15. The first-order chi connectivity index (χ1) is 8.28. The molecule has 0 aliphatic heterocycles.